The molecule has 1 aliphatic heterocycles. The maximum Gasteiger partial charge on any atom is 0.194 e. The zero-order chi connectivity index (χ0) is 16.9. The van der Waals surface area contributed by atoms with Crippen LogP contribution in [0.1, 0.15) is 30.8 Å². The zero-order valence-electron chi connectivity index (χ0n) is 14.7. The summed E-state index contributed by atoms with van der Waals surface area (Å²) in [6, 6.07) is 6.52. The van der Waals surface area contributed by atoms with Crippen molar-refractivity contribution in [3.63, 3.8) is 0 Å². The Morgan fingerprint density at radius 2 is 2.29 bits per heavy atom. The molecule has 0 aromatic carbocycles. The minimum Gasteiger partial charge on any atom is -0.351 e. The molecule has 1 saturated heterocycles. The van der Waals surface area contributed by atoms with E-state index in [1.165, 1.54) is 0 Å². The second-order valence-electron chi connectivity index (χ2n) is 6.46. The number of hydrogen-bond acceptors (Lipinski definition) is 3. The van der Waals surface area contributed by atoms with E-state index in [1.54, 1.807) is 0 Å². The van der Waals surface area contributed by atoms with Crippen LogP contribution in [0.2, 0.25) is 0 Å². The Kier molecular flexibility index (Phi) is 5.13. The summed E-state index contributed by atoms with van der Waals surface area (Å²) in [5.74, 6) is 1.57. The van der Waals surface area contributed by atoms with Gasteiger partial charge in [0.2, 0.25) is 0 Å². The van der Waals surface area contributed by atoms with Gasteiger partial charge in [-0.2, -0.15) is 0 Å². The van der Waals surface area contributed by atoms with Gasteiger partial charge in [-0.1, -0.05) is 13.0 Å². The van der Waals surface area contributed by atoms with Gasteiger partial charge in [0.1, 0.15) is 0 Å². The van der Waals surface area contributed by atoms with Crippen molar-refractivity contribution in [1.82, 2.24) is 24.8 Å². The summed E-state index contributed by atoms with van der Waals surface area (Å²) in [6.07, 6.45) is 6.96. The summed E-state index contributed by atoms with van der Waals surface area (Å²) in [7, 11) is 1.84. The SMILES string of the molecule is CN=C(NCc1cccc(C)n1)N1CCC(C)C(n2ccnc2)C1. The predicted molar refractivity (Wildman–Crippen MR) is 95.8 cm³/mol. The Hall–Kier alpha value is -2.37. The summed E-state index contributed by atoms with van der Waals surface area (Å²) in [5, 5.41) is 3.45. The van der Waals surface area contributed by atoms with Gasteiger partial charge in [-0.3, -0.25) is 9.98 Å². The average molecular weight is 326 g/mol. The van der Waals surface area contributed by atoms with Crippen molar-refractivity contribution in [1.29, 1.82) is 0 Å². The third-order valence-electron chi connectivity index (χ3n) is 4.71. The van der Waals surface area contributed by atoms with Crippen LogP contribution in [0.3, 0.4) is 0 Å². The number of aryl methyl sites for hydroxylation is 1. The lowest BCUT2D eigenvalue weighted by atomic mass is 9.93. The van der Waals surface area contributed by atoms with Gasteiger partial charge in [0, 0.05) is 38.2 Å². The standard InChI is InChI=1S/C18H26N6/c1-14-7-9-23(12-17(14)24-10-8-20-13-24)18(19-3)21-11-16-6-4-5-15(2)22-16/h4-6,8,10,13-14,17H,7,9,11-12H2,1-3H3,(H,19,21). The first-order valence-electron chi connectivity index (χ1n) is 8.53. The molecule has 24 heavy (non-hydrogen) atoms. The van der Waals surface area contributed by atoms with Gasteiger partial charge in [0.15, 0.2) is 5.96 Å². The predicted octanol–water partition coefficient (Wildman–Crippen LogP) is 2.25. The second-order valence-corrected chi connectivity index (χ2v) is 6.46. The summed E-state index contributed by atoms with van der Waals surface area (Å²) in [4.78, 5) is 15.5. The molecule has 2 unspecified atom stereocenters. The van der Waals surface area contributed by atoms with Crippen molar-refractivity contribution >= 4 is 5.96 Å². The molecular formula is C18H26N6. The van der Waals surface area contributed by atoms with Crippen LogP contribution in [0, 0.1) is 12.8 Å². The molecule has 0 radical (unpaired) electrons. The molecule has 3 rings (SSSR count). The molecule has 6 heteroatoms. The molecular weight excluding hydrogens is 300 g/mol. The molecule has 1 N–H and O–H groups in total. The van der Waals surface area contributed by atoms with Crippen LogP contribution < -0.4 is 5.32 Å². The van der Waals surface area contributed by atoms with Gasteiger partial charge >= 0.3 is 0 Å². The quantitative estimate of drug-likeness (QED) is 0.694. The van der Waals surface area contributed by atoms with Crippen molar-refractivity contribution in [3.8, 4) is 0 Å². The number of imidazole rings is 1. The first-order chi connectivity index (χ1) is 11.7. The largest absolute Gasteiger partial charge is 0.351 e. The summed E-state index contributed by atoms with van der Waals surface area (Å²) in [5.41, 5.74) is 2.07. The van der Waals surface area contributed by atoms with Crippen molar-refractivity contribution in [2.24, 2.45) is 10.9 Å². The topological polar surface area (TPSA) is 58.3 Å². The molecule has 0 spiro atoms. The van der Waals surface area contributed by atoms with Crippen molar-refractivity contribution in [2.75, 3.05) is 20.1 Å². The van der Waals surface area contributed by atoms with Crippen LogP contribution in [0.15, 0.2) is 41.9 Å². The maximum absolute atomic E-state index is 4.54. The molecule has 0 aliphatic carbocycles. The Labute approximate surface area is 143 Å². The Morgan fingerprint density at radius 1 is 1.42 bits per heavy atom. The lowest BCUT2D eigenvalue weighted by molar-refractivity contribution is 0.189. The van der Waals surface area contributed by atoms with Gasteiger partial charge in [-0.25, -0.2) is 4.98 Å². The number of rotatable bonds is 3. The Balaban J connectivity index is 1.65. The van der Waals surface area contributed by atoms with E-state index < -0.39 is 0 Å². The van der Waals surface area contributed by atoms with E-state index in [0.717, 1.165) is 36.9 Å². The van der Waals surface area contributed by atoms with Crippen LogP contribution >= 0.6 is 0 Å². The molecule has 0 saturated carbocycles. The number of pyridine rings is 1. The summed E-state index contributed by atoms with van der Waals surface area (Å²) < 4.78 is 2.21. The zero-order valence-corrected chi connectivity index (χ0v) is 14.7. The van der Waals surface area contributed by atoms with E-state index in [1.807, 2.05) is 44.7 Å². The van der Waals surface area contributed by atoms with Crippen molar-refractivity contribution < 1.29 is 0 Å². The number of piperidine rings is 1. The highest BCUT2D eigenvalue weighted by molar-refractivity contribution is 5.80. The highest BCUT2D eigenvalue weighted by Crippen LogP contribution is 2.27. The maximum atomic E-state index is 4.54. The van der Waals surface area contributed by atoms with E-state index in [4.69, 9.17) is 0 Å². The smallest absolute Gasteiger partial charge is 0.194 e. The second kappa shape index (κ2) is 7.47. The molecule has 3 heterocycles. The fourth-order valence-electron chi connectivity index (χ4n) is 3.29. The fourth-order valence-corrected chi connectivity index (χ4v) is 3.29. The molecule has 128 valence electrons. The van der Waals surface area contributed by atoms with Crippen molar-refractivity contribution in [3.05, 3.63) is 48.3 Å². The van der Waals surface area contributed by atoms with Gasteiger partial charge in [0.05, 0.1) is 24.6 Å². The van der Waals surface area contributed by atoms with E-state index in [9.17, 15) is 0 Å². The number of nitrogens with one attached hydrogen (secondary N) is 1. The number of likely N-dealkylation sites (tertiary alicyclic amines) is 1. The van der Waals surface area contributed by atoms with E-state index in [0.29, 0.717) is 18.5 Å². The van der Waals surface area contributed by atoms with Gasteiger partial charge in [0.25, 0.3) is 0 Å². The minimum absolute atomic E-state index is 0.428. The van der Waals surface area contributed by atoms with Crippen LogP contribution in [-0.4, -0.2) is 45.5 Å². The minimum atomic E-state index is 0.428. The summed E-state index contributed by atoms with van der Waals surface area (Å²) >= 11 is 0. The molecule has 6 nitrogen and oxygen atoms in total. The number of aromatic nitrogens is 3. The van der Waals surface area contributed by atoms with Crippen LogP contribution in [-0.2, 0) is 6.54 Å². The van der Waals surface area contributed by atoms with E-state index >= 15 is 0 Å². The fraction of sp³-hybridized carbons (Fsp3) is 0.500. The molecule has 2 aromatic heterocycles. The van der Waals surface area contributed by atoms with E-state index in [2.05, 4.69) is 42.9 Å². The van der Waals surface area contributed by atoms with E-state index in [-0.39, 0.29) is 0 Å². The lowest BCUT2D eigenvalue weighted by Crippen LogP contribution is -2.48. The molecule has 2 atom stereocenters. The van der Waals surface area contributed by atoms with Crippen LogP contribution in [0.4, 0.5) is 0 Å². The number of aliphatic imine (C=N–C) groups is 1. The molecule has 1 aliphatic rings. The summed E-state index contributed by atoms with van der Waals surface area (Å²) in [6.45, 7) is 6.98. The number of guanidine groups is 1. The monoisotopic (exact) mass is 326 g/mol. The highest BCUT2D eigenvalue weighted by Gasteiger charge is 2.28. The Morgan fingerprint density at radius 3 is 3.00 bits per heavy atom. The molecule has 0 amide bonds. The van der Waals surface area contributed by atoms with Crippen LogP contribution in [0.25, 0.3) is 0 Å². The van der Waals surface area contributed by atoms with Gasteiger partial charge < -0.3 is 14.8 Å². The number of nitrogens with zero attached hydrogens (tertiary/aromatic N) is 5. The Bertz CT molecular complexity index is 679. The first kappa shape index (κ1) is 16.5. The average Bonchev–Trinajstić information content (AvgIpc) is 3.11. The third-order valence-corrected chi connectivity index (χ3v) is 4.71. The highest BCUT2D eigenvalue weighted by atomic mass is 15.3. The normalized spacial score (nSPS) is 21.8. The first-order valence-corrected chi connectivity index (χ1v) is 8.53. The van der Waals surface area contributed by atoms with Crippen LogP contribution in [0.5, 0.6) is 0 Å². The van der Waals surface area contributed by atoms with Gasteiger partial charge in [-0.15, -0.1) is 0 Å². The third kappa shape index (κ3) is 3.75. The number of hydrogen-bond donors (Lipinski definition) is 1. The van der Waals surface area contributed by atoms with Crippen molar-refractivity contribution in [2.45, 2.75) is 32.9 Å². The molecule has 0 bridgehead atoms. The van der Waals surface area contributed by atoms with Gasteiger partial charge in [-0.05, 0) is 31.4 Å². The lowest BCUT2D eigenvalue weighted by Gasteiger charge is -2.39. The molecule has 2 aromatic rings. The molecule has 1 fully saturated rings.